The number of hydrogen-bond donors (Lipinski definition) is 3. The van der Waals surface area contributed by atoms with Crippen molar-refractivity contribution < 1.29 is 23.5 Å². The van der Waals surface area contributed by atoms with Crippen LogP contribution >= 0.6 is 11.8 Å². The summed E-state index contributed by atoms with van der Waals surface area (Å²) < 4.78 is 26.1. The van der Waals surface area contributed by atoms with Gasteiger partial charge in [0.25, 0.3) is 0 Å². The van der Waals surface area contributed by atoms with E-state index < -0.39 is 29.2 Å². The molecule has 0 radical (unpaired) electrons. The predicted octanol–water partition coefficient (Wildman–Crippen LogP) is 2.15. The van der Waals surface area contributed by atoms with Crippen LogP contribution in [0.2, 0.25) is 0 Å². The number of rotatable bonds is 6. The molecule has 0 aliphatic rings. The molecule has 0 saturated carbocycles. The lowest BCUT2D eigenvalue weighted by atomic mass is 10.1. The van der Waals surface area contributed by atoms with Crippen molar-refractivity contribution in [1.82, 2.24) is 5.32 Å². The number of anilines is 1. The summed E-state index contributed by atoms with van der Waals surface area (Å²) >= 11 is 1.43. The second kappa shape index (κ2) is 8.11. The molecule has 1 aromatic rings. The summed E-state index contributed by atoms with van der Waals surface area (Å²) in [7, 11) is 0. The van der Waals surface area contributed by atoms with Crippen LogP contribution < -0.4 is 10.6 Å². The molecule has 21 heavy (non-hydrogen) atoms. The van der Waals surface area contributed by atoms with Gasteiger partial charge < -0.3 is 15.7 Å². The van der Waals surface area contributed by atoms with Gasteiger partial charge in [0.1, 0.15) is 0 Å². The summed E-state index contributed by atoms with van der Waals surface area (Å²) in [4.78, 5) is 22.5. The molecule has 2 amide bonds. The summed E-state index contributed by atoms with van der Waals surface area (Å²) in [5.74, 6) is -0.530. The average molecular weight is 314 g/mol. The van der Waals surface area contributed by atoms with E-state index in [1.54, 1.807) is 0 Å². The number of hydrogen-bond acceptors (Lipinski definition) is 3. The Kier molecular flexibility index (Phi) is 6.49. The van der Waals surface area contributed by atoms with Crippen molar-refractivity contribution in [3.05, 3.63) is 29.3 Å². The molecule has 1 aromatic carbocycles. The van der Waals surface area contributed by atoms with Gasteiger partial charge in [-0.15, -0.1) is 18.2 Å². The van der Waals surface area contributed by atoms with Crippen molar-refractivity contribution in [2.75, 3.05) is 23.4 Å². The van der Waals surface area contributed by atoms with Gasteiger partial charge in [0.2, 0.25) is 0 Å². The highest BCUT2D eigenvalue weighted by atomic mass is 32.2. The van der Waals surface area contributed by atoms with Crippen molar-refractivity contribution in [3.63, 3.8) is 0 Å². The first kappa shape index (κ1) is 16.8. The molecule has 0 unspecified atom stereocenters. The molecule has 0 atom stereocenters. The fraction of sp³-hybridized carbons (Fsp3) is 0.231. The molecule has 8 heteroatoms. The number of nitrogens with one attached hydrogen (secondary N) is 2. The zero-order valence-corrected chi connectivity index (χ0v) is 11.6. The van der Waals surface area contributed by atoms with Crippen LogP contribution in [0.3, 0.4) is 0 Å². The highest BCUT2D eigenvalue weighted by Crippen LogP contribution is 2.20. The van der Waals surface area contributed by atoms with Crippen molar-refractivity contribution in [3.8, 4) is 12.3 Å². The number of carbonyl (C=O) groups excluding carboxylic acids is 1. The largest absolute Gasteiger partial charge is 0.478 e. The molecule has 3 N–H and O–H groups in total. The Morgan fingerprint density at radius 1 is 1.33 bits per heavy atom. The normalized spacial score (nSPS) is 9.76. The SMILES string of the molecule is C#CCSCCNC(=O)Nc1cc(F)c(F)cc1C(=O)O. The van der Waals surface area contributed by atoms with Gasteiger partial charge in [-0.25, -0.2) is 18.4 Å². The maximum Gasteiger partial charge on any atom is 0.337 e. The number of thioether (sulfide) groups is 1. The topological polar surface area (TPSA) is 78.4 Å². The first-order chi connectivity index (χ1) is 9.95. The third-order valence-corrected chi connectivity index (χ3v) is 3.12. The fourth-order valence-electron chi connectivity index (χ4n) is 1.36. The molecule has 0 aliphatic heterocycles. The summed E-state index contributed by atoms with van der Waals surface area (Å²) in [6, 6.07) is 0.409. The van der Waals surface area contributed by atoms with E-state index in [0.29, 0.717) is 30.2 Å². The summed E-state index contributed by atoms with van der Waals surface area (Å²) in [5.41, 5.74) is -0.860. The van der Waals surface area contributed by atoms with Gasteiger partial charge in [-0.1, -0.05) is 5.92 Å². The Bertz CT molecular complexity index is 588. The average Bonchev–Trinajstić information content (AvgIpc) is 2.42. The van der Waals surface area contributed by atoms with Gasteiger partial charge in [-0.05, 0) is 6.07 Å². The predicted molar refractivity (Wildman–Crippen MR) is 76.5 cm³/mol. The van der Waals surface area contributed by atoms with Gasteiger partial charge in [0, 0.05) is 18.4 Å². The maximum atomic E-state index is 13.1. The van der Waals surface area contributed by atoms with Crippen LogP contribution in [0.4, 0.5) is 19.3 Å². The van der Waals surface area contributed by atoms with Crippen LogP contribution in [0.15, 0.2) is 12.1 Å². The third kappa shape index (κ3) is 5.31. The first-order valence-electron chi connectivity index (χ1n) is 5.74. The molecule has 5 nitrogen and oxygen atoms in total. The molecule has 0 aliphatic carbocycles. The van der Waals surface area contributed by atoms with Crippen LogP contribution in [0.5, 0.6) is 0 Å². The number of halogens is 2. The van der Waals surface area contributed by atoms with E-state index in [0.717, 1.165) is 0 Å². The van der Waals surface area contributed by atoms with Crippen LogP contribution in [0.1, 0.15) is 10.4 Å². The second-order valence-corrected chi connectivity index (χ2v) is 4.86. The Hall–Kier alpha value is -2.27. The maximum absolute atomic E-state index is 13.1. The van der Waals surface area contributed by atoms with Crippen molar-refractivity contribution in [2.45, 2.75) is 0 Å². The third-order valence-electron chi connectivity index (χ3n) is 2.26. The Balaban J connectivity index is 2.65. The van der Waals surface area contributed by atoms with Crippen LogP contribution in [0, 0.1) is 24.0 Å². The first-order valence-corrected chi connectivity index (χ1v) is 6.89. The minimum absolute atomic E-state index is 0.296. The standard InChI is InChI=1S/C13H12F2N2O3S/c1-2-4-21-5-3-16-13(20)17-11-7-10(15)9(14)6-8(11)12(18)19/h1,6-7H,3-5H2,(H,18,19)(H2,16,17,20). The number of aromatic carboxylic acids is 1. The highest BCUT2D eigenvalue weighted by molar-refractivity contribution is 7.99. The Morgan fingerprint density at radius 2 is 2.00 bits per heavy atom. The molecule has 0 heterocycles. The number of terminal acetylenes is 1. The molecular formula is C13H12F2N2O3S. The molecular weight excluding hydrogens is 302 g/mol. The summed E-state index contributed by atoms with van der Waals surface area (Å²) in [6.07, 6.45) is 5.05. The number of amides is 2. The van der Waals surface area contributed by atoms with Crippen molar-refractivity contribution >= 4 is 29.4 Å². The smallest absolute Gasteiger partial charge is 0.337 e. The van der Waals surface area contributed by atoms with Gasteiger partial charge in [-0.3, -0.25) is 0 Å². The van der Waals surface area contributed by atoms with E-state index >= 15 is 0 Å². The van der Waals surface area contributed by atoms with E-state index in [-0.39, 0.29) is 5.69 Å². The number of carboxylic acids is 1. The van der Waals surface area contributed by atoms with Gasteiger partial charge in [0.15, 0.2) is 11.6 Å². The van der Waals surface area contributed by atoms with Crippen molar-refractivity contribution in [1.29, 1.82) is 0 Å². The van der Waals surface area contributed by atoms with Crippen LogP contribution in [-0.4, -0.2) is 35.2 Å². The molecule has 0 fully saturated rings. The van der Waals surface area contributed by atoms with E-state index in [4.69, 9.17) is 11.5 Å². The zero-order chi connectivity index (χ0) is 15.8. The zero-order valence-electron chi connectivity index (χ0n) is 10.8. The minimum Gasteiger partial charge on any atom is -0.478 e. The lowest BCUT2D eigenvalue weighted by molar-refractivity contribution is 0.0697. The van der Waals surface area contributed by atoms with Crippen LogP contribution in [-0.2, 0) is 0 Å². The number of benzene rings is 1. The molecule has 0 bridgehead atoms. The van der Waals surface area contributed by atoms with Gasteiger partial charge in [0.05, 0.1) is 17.0 Å². The van der Waals surface area contributed by atoms with E-state index in [1.807, 2.05) is 0 Å². The minimum atomic E-state index is -1.48. The lowest BCUT2D eigenvalue weighted by Crippen LogP contribution is -2.31. The summed E-state index contributed by atoms with van der Waals surface area (Å²) in [6.45, 7) is 0.296. The fourth-order valence-corrected chi connectivity index (χ4v) is 1.87. The molecule has 0 spiro atoms. The lowest BCUT2D eigenvalue weighted by Gasteiger charge is -2.10. The molecule has 0 aromatic heterocycles. The monoisotopic (exact) mass is 314 g/mol. The number of carboxylic acid groups (broad SMARTS) is 1. The van der Waals surface area contributed by atoms with Crippen LogP contribution in [0.25, 0.3) is 0 Å². The Morgan fingerprint density at radius 3 is 2.62 bits per heavy atom. The van der Waals surface area contributed by atoms with Gasteiger partial charge >= 0.3 is 12.0 Å². The number of urea groups is 1. The molecule has 0 saturated heterocycles. The van der Waals surface area contributed by atoms with E-state index in [9.17, 15) is 18.4 Å². The molecule has 1 rings (SSSR count). The van der Waals surface area contributed by atoms with E-state index in [2.05, 4.69) is 16.6 Å². The summed E-state index contributed by atoms with van der Waals surface area (Å²) in [5, 5.41) is 13.5. The van der Waals surface area contributed by atoms with Gasteiger partial charge in [-0.2, -0.15) is 0 Å². The number of carbonyl (C=O) groups is 2. The van der Waals surface area contributed by atoms with Crippen molar-refractivity contribution in [2.24, 2.45) is 0 Å². The Labute approximate surface area is 124 Å². The second-order valence-electron chi connectivity index (χ2n) is 3.75. The van der Waals surface area contributed by atoms with E-state index in [1.165, 1.54) is 11.8 Å². The highest BCUT2D eigenvalue weighted by Gasteiger charge is 2.16. The molecule has 112 valence electrons. The quantitative estimate of drug-likeness (QED) is 0.555.